The first-order valence-corrected chi connectivity index (χ1v) is 11.0. The molecule has 3 atom stereocenters. The highest BCUT2D eigenvalue weighted by atomic mass is 79.9. The number of hydrogen-bond acceptors (Lipinski definition) is 0. The summed E-state index contributed by atoms with van der Waals surface area (Å²) in [6.45, 7) is 7.67. The van der Waals surface area contributed by atoms with Crippen LogP contribution in [0.1, 0.15) is 51.2 Å². The quantitative estimate of drug-likeness (QED) is 0.388. The molecule has 0 aliphatic heterocycles. The molecule has 0 saturated heterocycles. The average Bonchev–Trinajstić information content (AvgIpc) is 2.79. The lowest BCUT2D eigenvalue weighted by Gasteiger charge is -2.64. The zero-order valence-corrected chi connectivity index (χ0v) is 18.1. The van der Waals surface area contributed by atoms with Crippen molar-refractivity contribution >= 4 is 31.9 Å². The molecule has 128 valence electrons. The van der Waals surface area contributed by atoms with E-state index in [4.69, 9.17) is 0 Å². The van der Waals surface area contributed by atoms with Crippen LogP contribution in [0.25, 0.3) is 11.1 Å². The first kappa shape index (κ1) is 15.5. The zero-order chi connectivity index (χ0) is 17.4. The Hall–Kier alpha value is -0.600. The van der Waals surface area contributed by atoms with Crippen molar-refractivity contribution in [2.75, 3.05) is 0 Å². The highest BCUT2D eigenvalue weighted by molar-refractivity contribution is 9.10. The molecule has 0 radical (unpaired) electrons. The van der Waals surface area contributed by atoms with E-state index in [-0.39, 0.29) is 5.41 Å². The summed E-state index contributed by atoms with van der Waals surface area (Å²) in [7, 11) is 0. The van der Waals surface area contributed by atoms with Gasteiger partial charge in [0.1, 0.15) is 0 Å². The fraction of sp³-hybridized carbons (Fsp3) is 0.478. The maximum atomic E-state index is 3.76. The van der Waals surface area contributed by atoms with E-state index < -0.39 is 0 Å². The Morgan fingerprint density at radius 1 is 0.880 bits per heavy atom. The van der Waals surface area contributed by atoms with Crippen molar-refractivity contribution in [1.82, 2.24) is 0 Å². The van der Waals surface area contributed by atoms with E-state index >= 15 is 0 Å². The van der Waals surface area contributed by atoms with Gasteiger partial charge in [0, 0.05) is 14.4 Å². The van der Waals surface area contributed by atoms with E-state index in [1.165, 1.54) is 39.3 Å². The molecule has 2 unspecified atom stereocenters. The summed E-state index contributed by atoms with van der Waals surface area (Å²) in [5.74, 6) is 0.933. The largest absolute Gasteiger partial charge is 0.0591 e. The summed E-state index contributed by atoms with van der Waals surface area (Å²) < 4.78 is 2.43. The van der Waals surface area contributed by atoms with Crippen LogP contribution in [0.15, 0.2) is 45.3 Å². The van der Waals surface area contributed by atoms with E-state index in [2.05, 4.69) is 89.0 Å². The lowest BCUT2D eigenvalue weighted by atomic mass is 9.38. The SMILES string of the molecule is CC1(C)C2CC[C@]3(C)C4(CC213)c1cc(Br)ccc1-c1ccc(Br)cc14. The van der Waals surface area contributed by atoms with Gasteiger partial charge in [0.05, 0.1) is 0 Å². The van der Waals surface area contributed by atoms with Gasteiger partial charge in [0.15, 0.2) is 0 Å². The van der Waals surface area contributed by atoms with Crippen LogP contribution in [0.4, 0.5) is 0 Å². The second-order valence-electron chi connectivity index (χ2n) is 9.58. The molecule has 3 fully saturated rings. The summed E-state index contributed by atoms with van der Waals surface area (Å²) in [5.41, 5.74) is 7.74. The molecule has 0 nitrogen and oxygen atoms in total. The maximum absolute atomic E-state index is 3.76. The number of benzene rings is 2. The smallest absolute Gasteiger partial charge is 0.0280 e. The summed E-state index contributed by atoms with van der Waals surface area (Å²) in [4.78, 5) is 0. The van der Waals surface area contributed by atoms with Gasteiger partial charge in [-0.25, -0.2) is 0 Å². The Morgan fingerprint density at radius 3 is 1.96 bits per heavy atom. The van der Waals surface area contributed by atoms with Crippen LogP contribution in [-0.4, -0.2) is 0 Å². The molecule has 25 heavy (non-hydrogen) atoms. The number of hydrogen-bond donors (Lipinski definition) is 0. The zero-order valence-electron chi connectivity index (χ0n) is 14.9. The van der Waals surface area contributed by atoms with Gasteiger partial charge in [-0.15, -0.1) is 0 Å². The lowest BCUT2D eigenvalue weighted by Crippen LogP contribution is -2.61. The average molecular weight is 458 g/mol. The number of halogens is 2. The van der Waals surface area contributed by atoms with Crippen molar-refractivity contribution in [2.24, 2.45) is 22.2 Å². The van der Waals surface area contributed by atoms with Crippen LogP contribution < -0.4 is 0 Å². The Balaban J connectivity index is 1.68. The molecule has 2 spiro atoms. The van der Waals surface area contributed by atoms with Crippen LogP contribution in [0, 0.1) is 22.2 Å². The molecule has 0 bridgehead atoms. The molecule has 0 amide bonds. The Kier molecular flexibility index (Phi) is 2.55. The fourth-order valence-electron chi connectivity index (χ4n) is 8.11. The monoisotopic (exact) mass is 456 g/mol. The predicted molar refractivity (Wildman–Crippen MR) is 110 cm³/mol. The summed E-state index contributed by atoms with van der Waals surface area (Å²) in [5, 5.41) is 0. The van der Waals surface area contributed by atoms with Crippen LogP contribution in [0.2, 0.25) is 0 Å². The standard InChI is InChI=1S/C23H22Br2/c1-20(2)19-8-9-21(3)22(12-23(19,20)21)17-10-13(24)4-6-15(17)16-7-5-14(25)11-18(16)22/h4-7,10-11,19H,8-9,12H2,1-3H3/t19?,21-,23?/m1/s1. The molecule has 4 aliphatic rings. The van der Waals surface area contributed by atoms with E-state index in [0.29, 0.717) is 16.2 Å². The van der Waals surface area contributed by atoms with Gasteiger partial charge >= 0.3 is 0 Å². The third-order valence-electron chi connectivity index (χ3n) is 9.11. The number of rotatable bonds is 0. The minimum Gasteiger partial charge on any atom is -0.0591 e. The van der Waals surface area contributed by atoms with Gasteiger partial charge in [0.25, 0.3) is 0 Å². The van der Waals surface area contributed by atoms with Crippen molar-refractivity contribution in [2.45, 2.75) is 45.4 Å². The van der Waals surface area contributed by atoms with Crippen LogP contribution in [-0.2, 0) is 5.41 Å². The van der Waals surface area contributed by atoms with Crippen molar-refractivity contribution < 1.29 is 0 Å². The van der Waals surface area contributed by atoms with E-state index in [9.17, 15) is 0 Å². The molecule has 2 heteroatoms. The van der Waals surface area contributed by atoms with Crippen molar-refractivity contribution in [3.05, 3.63) is 56.5 Å². The van der Waals surface area contributed by atoms with Crippen molar-refractivity contribution in [3.8, 4) is 11.1 Å². The molecule has 2 aromatic rings. The minimum atomic E-state index is 0.202. The summed E-state index contributed by atoms with van der Waals surface area (Å²) >= 11 is 7.51. The van der Waals surface area contributed by atoms with Crippen molar-refractivity contribution in [3.63, 3.8) is 0 Å². The van der Waals surface area contributed by atoms with Gasteiger partial charge in [-0.2, -0.15) is 0 Å². The fourth-order valence-corrected chi connectivity index (χ4v) is 8.83. The molecular weight excluding hydrogens is 436 g/mol. The van der Waals surface area contributed by atoms with Gasteiger partial charge in [-0.1, -0.05) is 64.8 Å². The van der Waals surface area contributed by atoms with E-state index in [1.54, 1.807) is 11.1 Å². The van der Waals surface area contributed by atoms with Crippen molar-refractivity contribution in [1.29, 1.82) is 0 Å². The number of fused-ring (bicyclic) bond motifs is 6. The summed E-state index contributed by atoms with van der Waals surface area (Å²) in [6, 6.07) is 13.9. The van der Waals surface area contributed by atoms with Crippen LogP contribution >= 0.6 is 31.9 Å². The molecule has 0 heterocycles. The van der Waals surface area contributed by atoms with Crippen LogP contribution in [0.3, 0.4) is 0 Å². The van der Waals surface area contributed by atoms with Gasteiger partial charge < -0.3 is 0 Å². The first-order chi connectivity index (χ1) is 11.8. The van der Waals surface area contributed by atoms with E-state index in [0.717, 1.165) is 5.92 Å². The van der Waals surface area contributed by atoms with Gasteiger partial charge in [-0.05, 0) is 87.9 Å². The predicted octanol–water partition coefficient (Wildman–Crippen LogP) is 7.32. The lowest BCUT2D eigenvalue weighted by molar-refractivity contribution is -0.0793. The summed E-state index contributed by atoms with van der Waals surface area (Å²) in [6.07, 6.45) is 4.12. The molecular formula is C23H22Br2. The molecule has 6 rings (SSSR count). The molecule has 4 aliphatic carbocycles. The topological polar surface area (TPSA) is 0 Å². The normalized spacial score (nSPS) is 37.1. The Bertz CT molecular complexity index is 921. The first-order valence-electron chi connectivity index (χ1n) is 9.40. The highest BCUT2D eigenvalue weighted by Gasteiger charge is 2.91. The molecule has 2 aromatic carbocycles. The van der Waals surface area contributed by atoms with Gasteiger partial charge in [0.2, 0.25) is 0 Å². The Morgan fingerprint density at radius 2 is 1.44 bits per heavy atom. The van der Waals surface area contributed by atoms with E-state index in [1.807, 2.05) is 0 Å². The Labute approximate surface area is 166 Å². The highest BCUT2D eigenvalue weighted by Crippen LogP contribution is 2.96. The second-order valence-corrected chi connectivity index (χ2v) is 11.4. The third-order valence-corrected chi connectivity index (χ3v) is 10.1. The molecule has 0 aromatic heterocycles. The second kappa shape index (κ2) is 4.12. The van der Waals surface area contributed by atoms with Gasteiger partial charge in [-0.3, -0.25) is 0 Å². The molecule has 0 N–H and O–H groups in total. The third kappa shape index (κ3) is 1.31. The minimum absolute atomic E-state index is 0.202. The van der Waals surface area contributed by atoms with Crippen LogP contribution in [0.5, 0.6) is 0 Å². The molecule has 3 saturated carbocycles. The maximum Gasteiger partial charge on any atom is 0.0280 e.